The van der Waals surface area contributed by atoms with Gasteiger partial charge in [-0.25, -0.2) is 0 Å². The minimum atomic E-state index is -0.0637. The summed E-state index contributed by atoms with van der Waals surface area (Å²) in [5.41, 5.74) is 0. The van der Waals surface area contributed by atoms with Crippen molar-refractivity contribution in [2.24, 2.45) is 0 Å². The Morgan fingerprint density at radius 2 is 1.32 bits per heavy atom. The van der Waals surface area contributed by atoms with Crippen molar-refractivity contribution in [2.45, 2.75) is 103 Å². The Labute approximate surface area is 216 Å². The molecule has 6 nitrogen and oxygen atoms in total. The van der Waals surface area contributed by atoms with Gasteiger partial charge < -0.3 is 24.6 Å². The number of hydrogen-bond donors (Lipinski definition) is 1. The molecule has 34 heavy (non-hydrogen) atoms. The number of nitrogens with one attached hydrogen (secondary N) is 1. The summed E-state index contributed by atoms with van der Waals surface area (Å²) in [5, 5.41) is 4.14. The Kier molecular flexibility index (Phi) is 24.5. The van der Waals surface area contributed by atoms with Crippen LogP contribution in [-0.2, 0) is 14.3 Å². The lowest BCUT2D eigenvalue weighted by Gasteiger charge is -2.26. The molecule has 1 N–H and O–H groups in total. The molecule has 0 spiro atoms. The van der Waals surface area contributed by atoms with Crippen molar-refractivity contribution in [3.63, 3.8) is 0 Å². The van der Waals surface area contributed by atoms with Crippen molar-refractivity contribution in [3.8, 4) is 0 Å². The molecule has 0 unspecified atom stereocenters. The topological polar surface area (TPSA) is 54.0 Å². The molecule has 202 valence electrons. The number of thiocarbonyl (C=S) groups is 1. The fourth-order valence-electron chi connectivity index (χ4n) is 3.86. The molecule has 7 heteroatoms. The number of ether oxygens (including phenoxy) is 2. The standard InChI is InChI=1S/C27H55N3O3S/c1-5-6-7-8-9-10-11-12-13-14-15-19-26(31)33-25-18-23-30(22-17-24-32-4)27(34)28-20-16-21-29(2)3/h5-25H2,1-4H3,(H,28,34). The maximum atomic E-state index is 12.0. The van der Waals surface area contributed by atoms with E-state index >= 15 is 0 Å². The lowest BCUT2D eigenvalue weighted by Crippen LogP contribution is -2.42. The summed E-state index contributed by atoms with van der Waals surface area (Å²) in [7, 11) is 5.87. The van der Waals surface area contributed by atoms with Crippen molar-refractivity contribution in [1.29, 1.82) is 0 Å². The zero-order valence-electron chi connectivity index (χ0n) is 22.9. The van der Waals surface area contributed by atoms with Crippen LogP contribution in [0, 0.1) is 0 Å². The van der Waals surface area contributed by atoms with E-state index in [9.17, 15) is 4.79 Å². The highest BCUT2D eigenvalue weighted by atomic mass is 32.1. The van der Waals surface area contributed by atoms with Crippen LogP contribution < -0.4 is 5.32 Å². The Morgan fingerprint density at radius 3 is 1.88 bits per heavy atom. The molecule has 0 fully saturated rings. The highest BCUT2D eigenvalue weighted by Gasteiger charge is 2.10. The van der Waals surface area contributed by atoms with Crippen LogP contribution in [0.3, 0.4) is 0 Å². The Bertz CT molecular complexity index is 478. The fraction of sp³-hybridized carbons (Fsp3) is 0.926. The van der Waals surface area contributed by atoms with Gasteiger partial charge in [0.15, 0.2) is 5.11 Å². The van der Waals surface area contributed by atoms with Gasteiger partial charge >= 0.3 is 5.97 Å². The van der Waals surface area contributed by atoms with Gasteiger partial charge in [-0.3, -0.25) is 4.79 Å². The van der Waals surface area contributed by atoms with Gasteiger partial charge in [0.05, 0.1) is 6.61 Å². The van der Waals surface area contributed by atoms with Crippen LogP contribution in [0.15, 0.2) is 0 Å². The number of methoxy groups -OCH3 is 1. The molecule has 0 aromatic rings. The lowest BCUT2D eigenvalue weighted by molar-refractivity contribution is -0.143. The van der Waals surface area contributed by atoms with Gasteiger partial charge in [-0.15, -0.1) is 0 Å². The summed E-state index contributed by atoms with van der Waals surface area (Å²) in [5.74, 6) is -0.0637. The number of unbranched alkanes of at least 4 members (excludes halogenated alkanes) is 10. The molecule has 0 atom stereocenters. The fourth-order valence-corrected chi connectivity index (χ4v) is 4.15. The van der Waals surface area contributed by atoms with Crippen molar-refractivity contribution in [1.82, 2.24) is 15.1 Å². The second kappa shape index (κ2) is 25.2. The monoisotopic (exact) mass is 501 g/mol. The molecule has 0 aliphatic carbocycles. The van der Waals surface area contributed by atoms with Crippen LogP contribution in [0.25, 0.3) is 0 Å². The zero-order valence-corrected chi connectivity index (χ0v) is 23.7. The number of nitrogens with zero attached hydrogens (tertiary/aromatic N) is 2. The van der Waals surface area contributed by atoms with Crippen molar-refractivity contribution in [2.75, 3.05) is 60.6 Å². The van der Waals surface area contributed by atoms with E-state index in [-0.39, 0.29) is 5.97 Å². The number of carbonyl (C=O) groups excluding carboxylic acids is 1. The van der Waals surface area contributed by atoms with Gasteiger partial charge in [0.25, 0.3) is 0 Å². The predicted molar refractivity (Wildman–Crippen MR) is 148 cm³/mol. The van der Waals surface area contributed by atoms with Crippen molar-refractivity contribution >= 4 is 23.3 Å². The second-order valence-corrected chi connectivity index (χ2v) is 9.97. The molecule has 0 rings (SSSR count). The summed E-state index contributed by atoms with van der Waals surface area (Å²) in [6, 6.07) is 0. The molecule has 0 aromatic carbocycles. The van der Waals surface area contributed by atoms with E-state index < -0.39 is 0 Å². The average molecular weight is 502 g/mol. The van der Waals surface area contributed by atoms with Crippen LogP contribution in [-0.4, -0.2) is 81.5 Å². The van der Waals surface area contributed by atoms with E-state index in [1.165, 1.54) is 57.8 Å². The summed E-state index contributed by atoms with van der Waals surface area (Å²) in [6.07, 6.45) is 17.5. The second-order valence-electron chi connectivity index (χ2n) is 9.58. The molecule has 0 aliphatic rings. The summed E-state index contributed by atoms with van der Waals surface area (Å²) in [6.45, 7) is 6.97. The molecule has 0 saturated heterocycles. The van der Waals surface area contributed by atoms with Gasteiger partial charge in [0.1, 0.15) is 0 Å². The van der Waals surface area contributed by atoms with Crippen LogP contribution in [0.1, 0.15) is 103 Å². The van der Waals surface area contributed by atoms with Crippen LogP contribution >= 0.6 is 12.2 Å². The number of esters is 1. The third-order valence-electron chi connectivity index (χ3n) is 5.94. The highest BCUT2D eigenvalue weighted by molar-refractivity contribution is 7.80. The molecule has 0 aliphatic heterocycles. The number of carbonyl (C=O) groups is 1. The largest absolute Gasteiger partial charge is 0.466 e. The maximum Gasteiger partial charge on any atom is 0.305 e. The van der Waals surface area contributed by atoms with Gasteiger partial charge in [0, 0.05) is 39.8 Å². The minimum absolute atomic E-state index is 0.0637. The average Bonchev–Trinajstić information content (AvgIpc) is 2.81. The van der Waals surface area contributed by atoms with Crippen molar-refractivity contribution < 1.29 is 14.3 Å². The van der Waals surface area contributed by atoms with E-state index in [4.69, 9.17) is 21.7 Å². The zero-order chi connectivity index (χ0) is 25.3. The number of rotatable bonds is 24. The quantitative estimate of drug-likeness (QED) is 0.102. The van der Waals surface area contributed by atoms with Gasteiger partial charge in [-0.1, -0.05) is 71.1 Å². The molecule has 0 heterocycles. The third-order valence-corrected chi connectivity index (χ3v) is 6.34. The molecule has 0 saturated carbocycles. The van der Waals surface area contributed by atoms with E-state index in [0.717, 1.165) is 63.4 Å². The predicted octanol–water partition coefficient (Wildman–Crippen LogP) is 5.79. The summed E-state index contributed by atoms with van der Waals surface area (Å²) < 4.78 is 10.6. The van der Waals surface area contributed by atoms with Crippen LogP contribution in [0.5, 0.6) is 0 Å². The summed E-state index contributed by atoms with van der Waals surface area (Å²) >= 11 is 5.59. The first-order chi connectivity index (χ1) is 16.5. The Morgan fingerprint density at radius 1 is 0.765 bits per heavy atom. The molecule has 0 bridgehead atoms. The first-order valence-electron chi connectivity index (χ1n) is 13.8. The molecule has 0 amide bonds. The van der Waals surface area contributed by atoms with Gasteiger partial charge in [-0.2, -0.15) is 0 Å². The van der Waals surface area contributed by atoms with E-state index in [0.29, 0.717) is 19.6 Å². The minimum Gasteiger partial charge on any atom is -0.466 e. The maximum absolute atomic E-state index is 12.0. The Balaban J connectivity index is 3.82. The molecule has 0 radical (unpaired) electrons. The van der Waals surface area contributed by atoms with Gasteiger partial charge in [-0.05, 0) is 58.5 Å². The van der Waals surface area contributed by atoms with E-state index in [2.05, 4.69) is 36.1 Å². The normalized spacial score (nSPS) is 11.1. The third kappa shape index (κ3) is 22.9. The highest BCUT2D eigenvalue weighted by Crippen LogP contribution is 2.12. The Hall–Kier alpha value is -0.920. The first-order valence-corrected chi connectivity index (χ1v) is 14.2. The number of hydrogen-bond acceptors (Lipinski definition) is 5. The summed E-state index contributed by atoms with van der Waals surface area (Å²) in [4.78, 5) is 16.4. The van der Waals surface area contributed by atoms with E-state index in [1.807, 2.05) is 0 Å². The molecule has 0 aromatic heterocycles. The van der Waals surface area contributed by atoms with E-state index in [1.54, 1.807) is 7.11 Å². The lowest BCUT2D eigenvalue weighted by atomic mass is 10.1. The smallest absolute Gasteiger partial charge is 0.305 e. The van der Waals surface area contributed by atoms with Crippen LogP contribution in [0.2, 0.25) is 0 Å². The van der Waals surface area contributed by atoms with Crippen molar-refractivity contribution in [3.05, 3.63) is 0 Å². The molecular weight excluding hydrogens is 446 g/mol. The van der Waals surface area contributed by atoms with Crippen LogP contribution in [0.4, 0.5) is 0 Å². The van der Waals surface area contributed by atoms with Gasteiger partial charge in [0.2, 0.25) is 0 Å². The SMILES string of the molecule is CCCCCCCCCCCCCC(=O)OCCCN(CCCOC)C(=S)NCCCN(C)C. The molecular formula is C27H55N3O3S. The first kappa shape index (κ1) is 33.1.